The van der Waals surface area contributed by atoms with Crippen molar-refractivity contribution in [2.75, 3.05) is 24.6 Å². The maximum absolute atomic E-state index is 12.3. The lowest BCUT2D eigenvalue weighted by Gasteiger charge is -2.11. The largest absolute Gasteiger partial charge is 0.497 e. The van der Waals surface area contributed by atoms with Gasteiger partial charge in [0.1, 0.15) is 5.75 Å². The first-order valence-electron chi connectivity index (χ1n) is 8.28. The van der Waals surface area contributed by atoms with E-state index in [4.69, 9.17) is 4.74 Å². The molecule has 0 atom stereocenters. The van der Waals surface area contributed by atoms with Crippen molar-refractivity contribution in [3.8, 4) is 5.75 Å². The molecule has 2 aromatic rings. The minimum absolute atomic E-state index is 0.229. The van der Waals surface area contributed by atoms with Crippen LogP contribution in [0.4, 0.5) is 5.69 Å². The molecule has 0 bridgehead atoms. The minimum Gasteiger partial charge on any atom is -0.497 e. The summed E-state index contributed by atoms with van der Waals surface area (Å²) in [6.07, 6.45) is 2.70. The second-order valence-corrected chi connectivity index (χ2v) is 7.86. The van der Waals surface area contributed by atoms with E-state index in [2.05, 4.69) is 10.0 Å². The van der Waals surface area contributed by atoms with Crippen LogP contribution in [0.2, 0.25) is 0 Å². The van der Waals surface area contributed by atoms with E-state index in [-0.39, 0.29) is 5.91 Å². The van der Waals surface area contributed by atoms with Gasteiger partial charge in [-0.25, -0.2) is 8.42 Å². The summed E-state index contributed by atoms with van der Waals surface area (Å²) in [5, 5.41) is 2.86. The molecule has 0 aliphatic carbocycles. The Kier molecular flexibility index (Phi) is 6.63. The zero-order valence-electron chi connectivity index (χ0n) is 15.2. The summed E-state index contributed by atoms with van der Waals surface area (Å²) >= 11 is 0. The smallest absolute Gasteiger partial charge is 0.251 e. The average Bonchev–Trinajstić information content (AvgIpc) is 2.59. The Labute approximate surface area is 154 Å². The molecule has 2 N–H and O–H groups in total. The Morgan fingerprint density at radius 3 is 2.62 bits per heavy atom. The number of hydrogen-bond donors (Lipinski definition) is 2. The highest BCUT2D eigenvalue weighted by atomic mass is 32.2. The minimum atomic E-state index is -3.39. The molecular weight excluding hydrogens is 352 g/mol. The number of carbonyl (C=O) groups is 1. The molecule has 0 aliphatic rings. The normalized spacial score (nSPS) is 11.0. The van der Waals surface area contributed by atoms with Gasteiger partial charge in [-0.2, -0.15) is 0 Å². The van der Waals surface area contributed by atoms with Gasteiger partial charge in [-0.3, -0.25) is 9.52 Å². The standard InChI is InChI=1S/C19H24N2O4S/c1-14-9-10-16(13-18(14)21-26(3,23)24)19(22)20-11-5-7-15-6-4-8-17(12-15)25-2/h4,6,8-10,12-13,21H,5,7,11H2,1-3H3,(H,20,22). The number of sulfonamides is 1. The van der Waals surface area contributed by atoms with Crippen molar-refractivity contribution in [2.45, 2.75) is 19.8 Å². The van der Waals surface area contributed by atoms with Crippen molar-refractivity contribution in [2.24, 2.45) is 0 Å². The number of methoxy groups -OCH3 is 1. The van der Waals surface area contributed by atoms with Gasteiger partial charge in [0.25, 0.3) is 5.91 Å². The van der Waals surface area contributed by atoms with Crippen molar-refractivity contribution in [1.82, 2.24) is 5.32 Å². The highest BCUT2D eigenvalue weighted by Gasteiger charge is 2.10. The Balaban J connectivity index is 1.90. The molecule has 0 aliphatic heterocycles. The van der Waals surface area contributed by atoms with Gasteiger partial charge in [-0.15, -0.1) is 0 Å². The molecule has 0 aromatic heterocycles. The fourth-order valence-electron chi connectivity index (χ4n) is 2.50. The van der Waals surface area contributed by atoms with Gasteiger partial charge in [-0.05, 0) is 55.2 Å². The zero-order valence-corrected chi connectivity index (χ0v) is 16.0. The number of nitrogens with one attached hydrogen (secondary N) is 2. The summed E-state index contributed by atoms with van der Waals surface area (Å²) in [5.41, 5.74) is 2.73. The number of benzene rings is 2. The number of anilines is 1. The molecule has 0 unspecified atom stereocenters. The van der Waals surface area contributed by atoms with E-state index in [9.17, 15) is 13.2 Å². The maximum Gasteiger partial charge on any atom is 0.251 e. The summed E-state index contributed by atoms with van der Waals surface area (Å²) in [6.45, 7) is 2.31. The molecule has 26 heavy (non-hydrogen) atoms. The molecule has 140 valence electrons. The van der Waals surface area contributed by atoms with Crippen LogP contribution in [-0.4, -0.2) is 34.2 Å². The first-order chi connectivity index (χ1) is 12.3. The van der Waals surface area contributed by atoms with Crippen LogP contribution in [0.3, 0.4) is 0 Å². The highest BCUT2D eigenvalue weighted by molar-refractivity contribution is 7.92. The molecule has 0 heterocycles. The summed E-state index contributed by atoms with van der Waals surface area (Å²) in [4.78, 5) is 12.3. The Morgan fingerprint density at radius 2 is 1.92 bits per heavy atom. The summed E-state index contributed by atoms with van der Waals surface area (Å²) < 4.78 is 30.4. The van der Waals surface area contributed by atoms with Crippen molar-refractivity contribution in [3.63, 3.8) is 0 Å². The summed E-state index contributed by atoms with van der Waals surface area (Å²) in [6, 6.07) is 12.8. The highest BCUT2D eigenvalue weighted by Crippen LogP contribution is 2.18. The lowest BCUT2D eigenvalue weighted by Crippen LogP contribution is -2.25. The second kappa shape index (κ2) is 8.71. The molecule has 0 spiro atoms. The van der Waals surface area contributed by atoms with Crippen LogP contribution in [0.5, 0.6) is 5.75 Å². The fourth-order valence-corrected chi connectivity index (χ4v) is 3.12. The van der Waals surface area contributed by atoms with Crippen LogP contribution in [0.1, 0.15) is 27.9 Å². The quantitative estimate of drug-likeness (QED) is 0.694. The van der Waals surface area contributed by atoms with Crippen LogP contribution in [-0.2, 0) is 16.4 Å². The van der Waals surface area contributed by atoms with E-state index in [0.717, 1.165) is 36.0 Å². The van der Waals surface area contributed by atoms with Gasteiger partial charge in [0.15, 0.2) is 0 Å². The number of ether oxygens (including phenoxy) is 1. The monoisotopic (exact) mass is 376 g/mol. The molecule has 0 saturated heterocycles. The lowest BCUT2D eigenvalue weighted by molar-refractivity contribution is 0.0953. The predicted octanol–water partition coefficient (Wildman–Crippen LogP) is 2.74. The molecule has 0 radical (unpaired) electrons. The van der Waals surface area contributed by atoms with Crippen LogP contribution in [0, 0.1) is 6.92 Å². The average molecular weight is 376 g/mol. The molecule has 2 rings (SSSR count). The Bertz CT molecular complexity index is 879. The van der Waals surface area contributed by atoms with Crippen LogP contribution >= 0.6 is 0 Å². The summed E-state index contributed by atoms with van der Waals surface area (Å²) in [7, 11) is -1.76. The van der Waals surface area contributed by atoms with E-state index < -0.39 is 10.0 Å². The molecule has 0 fully saturated rings. The SMILES string of the molecule is COc1cccc(CCCNC(=O)c2ccc(C)c(NS(C)(=O)=O)c2)c1. The summed E-state index contributed by atoms with van der Waals surface area (Å²) in [5.74, 6) is 0.587. The predicted molar refractivity (Wildman–Crippen MR) is 103 cm³/mol. The second-order valence-electron chi connectivity index (χ2n) is 6.11. The van der Waals surface area contributed by atoms with E-state index in [0.29, 0.717) is 17.8 Å². The van der Waals surface area contributed by atoms with E-state index >= 15 is 0 Å². The van der Waals surface area contributed by atoms with Gasteiger partial charge in [0.2, 0.25) is 10.0 Å². The first kappa shape index (κ1) is 19.8. The molecule has 7 heteroatoms. The number of carbonyl (C=O) groups excluding carboxylic acids is 1. The first-order valence-corrected chi connectivity index (χ1v) is 10.2. The van der Waals surface area contributed by atoms with E-state index in [1.807, 2.05) is 24.3 Å². The van der Waals surface area contributed by atoms with E-state index in [1.54, 1.807) is 32.2 Å². The van der Waals surface area contributed by atoms with Gasteiger partial charge >= 0.3 is 0 Å². The van der Waals surface area contributed by atoms with E-state index in [1.165, 1.54) is 0 Å². The van der Waals surface area contributed by atoms with Crippen molar-refractivity contribution < 1.29 is 17.9 Å². The van der Waals surface area contributed by atoms with Gasteiger partial charge < -0.3 is 10.1 Å². The van der Waals surface area contributed by atoms with Crippen LogP contribution < -0.4 is 14.8 Å². The third kappa shape index (κ3) is 6.07. The molecule has 2 aromatic carbocycles. The Hall–Kier alpha value is -2.54. The van der Waals surface area contributed by atoms with Gasteiger partial charge in [-0.1, -0.05) is 18.2 Å². The molecular formula is C19H24N2O4S. The van der Waals surface area contributed by atoms with Crippen molar-refractivity contribution >= 4 is 21.6 Å². The van der Waals surface area contributed by atoms with Crippen LogP contribution in [0.15, 0.2) is 42.5 Å². The van der Waals surface area contributed by atoms with Crippen molar-refractivity contribution in [1.29, 1.82) is 0 Å². The number of aryl methyl sites for hydroxylation is 2. The van der Waals surface area contributed by atoms with Crippen molar-refractivity contribution in [3.05, 3.63) is 59.2 Å². The lowest BCUT2D eigenvalue weighted by atomic mass is 10.1. The van der Waals surface area contributed by atoms with Gasteiger partial charge in [0.05, 0.1) is 19.1 Å². The maximum atomic E-state index is 12.3. The van der Waals surface area contributed by atoms with Gasteiger partial charge in [0, 0.05) is 12.1 Å². The van der Waals surface area contributed by atoms with Crippen LogP contribution in [0.25, 0.3) is 0 Å². The molecule has 6 nitrogen and oxygen atoms in total. The topological polar surface area (TPSA) is 84.5 Å². The number of hydrogen-bond acceptors (Lipinski definition) is 4. The Morgan fingerprint density at radius 1 is 1.15 bits per heavy atom. The zero-order chi connectivity index (χ0) is 19.2. The third-order valence-electron chi connectivity index (χ3n) is 3.86. The molecule has 1 amide bonds. The number of rotatable bonds is 8. The fraction of sp³-hybridized carbons (Fsp3) is 0.316. The molecule has 0 saturated carbocycles. The third-order valence-corrected chi connectivity index (χ3v) is 4.45. The number of amides is 1.